The number of benzene rings is 2. The molecule has 0 radical (unpaired) electrons. The summed E-state index contributed by atoms with van der Waals surface area (Å²) in [7, 11) is 0. The smallest absolute Gasteiger partial charge is 0.271 e. The molecule has 3 rings (SSSR count). The SMILES string of the molecule is O=C(Nc1cc([N+](=O)[O-])ccc1F)C1CSc2ccccc2O1. The second kappa shape index (κ2) is 6.25. The van der Waals surface area contributed by atoms with Crippen molar-refractivity contribution < 1.29 is 18.8 Å². The molecule has 0 saturated carbocycles. The average molecular weight is 334 g/mol. The van der Waals surface area contributed by atoms with Gasteiger partial charge in [-0.25, -0.2) is 4.39 Å². The van der Waals surface area contributed by atoms with Crippen LogP contribution in [0.2, 0.25) is 0 Å². The van der Waals surface area contributed by atoms with Gasteiger partial charge in [-0.1, -0.05) is 12.1 Å². The van der Waals surface area contributed by atoms with E-state index in [1.165, 1.54) is 11.8 Å². The Bertz CT molecular complexity index is 784. The lowest BCUT2D eigenvalue weighted by molar-refractivity contribution is -0.384. The Morgan fingerprint density at radius 1 is 1.35 bits per heavy atom. The van der Waals surface area contributed by atoms with E-state index < -0.39 is 22.8 Å². The van der Waals surface area contributed by atoms with E-state index in [-0.39, 0.29) is 11.4 Å². The number of amides is 1. The van der Waals surface area contributed by atoms with E-state index in [4.69, 9.17) is 4.74 Å². The number of nitro groups is 1. The summed E-state index contributed by atoms with van der Waals surface area (Å²) in [5.74, 6) is -0.332. The molecular formula is C15H11FN2O4S. The van der Waals surface area contributed by atoms with Gasteiger partial charge in [0.15, 0.2) is 6.10 Å². The molecule has 1 atom stereocenters. The highest BCUT2D eigenvalue weighted by atomic mass is 32.2. The summed E-state index contributed by atoms with van der Waals surface area (Å²) in [5, 5.41) is 13.1. The molecule has 2 aromatic rings. The molecule has 2 aromatic carbocycles. The van der Waals surface area contributed by atoms with Crippen molar-refractivity contribution in [2.24, 2.45) is 0 Å². The fraction of sp³-hybridized carbons (Fsp3) is 0.133. The first-order valence-electron chi connectivity index (χ1n) is 6.68. The number of ether oxygens (including phenoxy) is 1. The van der Waals surface area contributed by atoms with E-state index in [1.807, 2.05) is 12.1 Å². The number of nitrogens with zero attached hydrogens (tertiary/aromatic N) is 1. The minimum absolute atomic E-state index is 0.239. The van der Waals surface area contributed by atoms with E-state index in [1.54, 1.807) is 12.1 Å². The molecular weight excluding hydrogens is 323 g/mol. The molecule has 1 aliphatic rings. The predicted octanol–water partition coefficient (Wildman–Crippen LogP) is 3.23. The summed E-state index contributed by atoms with van der Waals surface area (Å²) in [5.41, 5.74) is -0.539. The van der Waals surface area contributed by atoms with Gasteiger partial charge in [-0.2, -0.15) is 0 Å². The summed E-state index contributed by atoms with van der Waals surface area (Å²) in [6.45, 7) is 0. The third-order valence-electron chi connectivity index (χ3n) is 3.22. The minimum atomic E-state index is -0.798. The highest BCUT2D eigenvalue weighted by Crippen LogP contribution is 2.35. The molecule has 0 spiro atoms. The van der Waals surface area contributed by atoms with Crippen molar-refractivity contribution in [1.29, 1.82) is 0 Å². The molecule has 118 valence electrons. The minimum Gasteiger partial charge on any atom is -0.479 e. The molecule has 0 aromatic heterocycles. The zero-order valence-corrected chi connectivity index (χ0v) is 12.5. The van der Waals surface area contributed by atoms with Gasteiger partial charge in [-0.15, -0.1) is 11.8 Å². The number of hydrogen-bond acceptors (Lipinski definition) is 5. The van der Waals surface area contributed by atoms with Crippen LogP contribution in [0.3, 0.4) is 0 Å². The van der Waals surface area contributed by atoms with Crippen LogP contribution in [-0.2, 0) is 4.79 Å². The molecule has 6 nitrogen and oxygen atoms in total. The van der Waals surface area contributed by atoms with Crippen LogP contribution in [0.1, 0.15) is 0 Å². The maximum Gasteiger partial charge on any atom is 0.271 e. The Hall–Kier alpha value is -2.61. The van der Waals surface area contributed by atoms with Crippen molar-refractivity contribution in [2.75, 3.05) is 11.1 Å². The van der Waals surface area contributed by atoms with Gasteiger partial charge in [-0.05, 0) is 18.2 Å². The fourth-order valence-electron chi connectivity index (χ4n) is 2.08. The van der Waals surface area contributed by atoms with E-state index in [0.29, 0.717) is 11.5 Å². The summed E-state index contributed by atoms with van der Waals surface area (Å²) in [6.07, 6.45) is -0.798. The van der Waals surface area contributed by atoms with Crippen molar-refractivity contribution in [3.63, 3.8) is 0 Å². The molecule has 1 aliphatic heterocycles. The first kappa shape index (κ1) is 15.3. The molecule has 23 heavy (non-hydrogen) atoms. The van der Waals surface area contributed by atoms with Crippen molar-refractivity contribution in [3.8, 4) is 5.75 Å². The van der Waals surface area contributed by atoms with Gasteiger partial charge >= 0.3 is 0 Å². The highest BCUT2D eigenvalue weighted by Gasteiger charge is 2.27. The number of rotatable bonds is 3. The van der Waals surface area contributed by atoms with Crippen molar-refractivity contribution in [2.45, 2.75) is 11.0 Å². The lowest BCUT2D eigenvalue weighted by atomic mass is 10.2. The number of para-hydroxylation sites is 1. The number of non-ortho nitro benzene ring substituents is 1. The lowest BCUT2D eigenvalue weighted by Gasteiger charge is -2.24. The molecule has 0 fully saturated rings. The molecule has 1 unspecified atom stereocenters. The normalized spacial score (nSPS) is 16.1. The fourth-order valence-corrected chi connectivity index (χ4v) is 3.07. The average Bonchev–Trinajstić information content (AvgIpc) is 2.56. The van der Waals surface area contributed by atoms with Gasteiger partial charge in [0.1, 0.15) is 11.6 Å². The number of thioether (sulfide) groups is 1. The number of hydrogen-bond donors (Lipinski definition) is 1. The Labute approximate surface area is 134 Å². The summed E-state index contributed by atoms with van der Waals surface area (Å²) in [6, 6.07) is 10.3. The molecule has 1 amide bonds. The quantitative estimate of drug-likeness (QED) is 0.688. The van der Waals surface area contributed by atoms with Crippen LogP contribution >= 0.6 is 11.8 Å². The van der Waals surface area contributed by atoms with Crippen molar-refractivity contribution >= 4 is 29.0 Å². The standard InChI is InChI=1S/C15H11FN2O4S/c16-10-6-5-9(18(20)21)7-11(10)17-15(19)13-8-23-14-4-2-1-3-12(14)22-13/h1-7,13H,8H2,(H,17,19). The maximum atomic E-state index is 13.7. The van der Waals surface area contributed by atoms with Crippen molar-refractivity contribution in [3.05, 3.63) is 58.4 Å². The molecule has 1 heterocycles. The molecule has 0 aliphatic carbocycles. The first-order chi connectivity index (χ1) is 11.0. The Balaban J connectivity index is 1.75. The van der Waals surface area contributed by atoms with Crippen LogP contribution < -0.4 is 10.1 Å². The van der Waals surface area contributed by atoms with Gasteiger partial charge in [0.05, 0.1) is 10.6 Å². The Morgan fingerprint density at radius 3 is 2.91 bits per heavy atom. The predicted molar refractivity (Wildman–Crippen MR) is 83.3 cm³/mol. The van der Waals surface area contributed by atoms with E-state index in [0.717, 1.165) is 23.1 Å². The van der Waals surface area contributed by atoms with E-state index in [2.05, 4.69) is 5.32 Å². The first-order valence-corrected chi connectivity index (χ1v) is 7.66. The number of fused-ring (bicyclic) bond motifs is 1. The Kier molecular flexibility index (Phi) is 4.16. The second-order valence-corrected chi connectivity index (χ2v) is 5.84. The van der Waals surface area contributed by atoms with Crippen LogP contribution in [0.15, 0.2) is 47.4 Å². The van der Waals surface area contributed by atoms with Crippen LogP contribution in [0.5, 0.6) is 5.75 Å². The van der Waals surface area contributed by atoms with Gasteiger partial charge < -0.3 is 10.1 Å². The molecule has 0 bridgehead atoms. The molecule has 1 N–H and O–H groups in total. The van der Waals surface area contributed by atoms with Crippen LogP contribution in [0.4, 0.5) is 15.8 Å². The number of carbonyl (C=O) groups is 1. The number of nitro benzene ring substituents is 1. The third kappa shape index (κ3) is 3.26. The number of anilines is 1. The summed E-state index contributed by atoms with van der Waals surface area (Å²) < 4.78 is 19.3. The third-order valence-corrected chi connectivity index (χ3v) is 4.34. The lowest BCUT2D eigenvalue weighted by Crippen LogP contribution is -2.37. The van der Waals surface area contributed by atoms with Crippen LogP contribution in [-0.4, -0.2) is 22.7 Å². The zero-order chi connectivity index (χ0) is 16.4. The monoisotopic (exact) mass is 334 g/mol. The summed E-state index contributed by atoms with van der Waals surface area (Å²) >= 11 is 1.46. The largest absolute Gasteiger partial charge is 0.479 e. The van der Waals surface area contributed by atoms with E-state index >= 15 is 0 Å². The van der Waals surface area contributed by atoms with Gasteiger partial charge in [0.25, 0.3) is 11.6 Å². The molecule has 8 heteroatoms. The topological polar surface area (TPSA) is 81.5 Å². The van der Waals surface area contributed by atoms with Gasteiger partial charge in [-0.3, -0.25) is 14.9 Å². The number of carbonyl (C=O) groups excluding carboxylic acids is 1. The van der Waals surface area contributed by atoms with E-state index in [9.17, 15) is 19.3 Å². The zero-order valence-electron chi connectivity index (χ0n) is 11.7. The van der Waals surface area contributed by atoms with Gasteiger partial charge in [0.2, 0.25) is 0 Å². The number of nitrogens with one attached hydrogen (secondary N) is 1. The highest BCUT2D eigenvalue weighted by molar-refractivity contribution is 7.99. The Morgan fingerprint density at radius 2 is 2.13 bits per heavy atom. The van der Waals surface area contributed by atoms with Crippen LogP contribution in [0.25, 0.3) is 0 Å². The summed E-state index contributed by atoms with van der Waals surface area (Å²) in [4.78, 5) is 23.2. The second-order valence-electron chi connectivity index (χ2n) is 4.77. The molecule has 0 saturated heterocycles. The maximum absolute atomic E-state index is 13.7. The van der Waals surface area contributed by atoms with Crippen LogP contribution in [0, 0.1) is 15.9 Å². The van der Waals surface area contributed by atoms with Crippen molar-refractivity contribution in [1.82, 2.24) is 0 Å². The van der Waals surface area contributed by atoms with Gasteiger partial charge in [0, 0.05) is 22.8 Å². The number of halogens is 1.